The van der Waals surface area contributed by atoms with Crippen LogP contribution < -0.4 is 10.5 Å². The maximum atomic E-state index is 5.99. The molecule has 2 aromatic rings. The minimum atomic E-state index is -0.333. The highest BCUT2D eigenvalue weighted by molar-refractivity contribution is 5.81. The number of hydrogen-bond acceptors (Lipinski definition) is 4. The number of nitrogens with two attached hydrogens (primary N) is 1. The molecule has 0 spiro atoms. The van der Waals surface area contributed by atoms with Gasteiger partial charge in [0.25, 0.3) is 5.88 Å². The number of rotatable bonds is 4. The minimum absolute atomic E-state index is 0.333. The van der Waals surface area contributed by atoms with Crippen molar-refractivity contribution in [1.29, 1.82) is 0 Å². The summed E-state index contributed by atoms with van der Waals surface area (Å²) in [5, 5.41) is 4.76. The van der Waals surface area contributed by atoms with Gasteiger partial charge in [-0.2, -0.15) is 0 Å². The van der Waals surface area contributed by atoms with Gasteiger partial charge in [-0.25, -0.2) is 0 Å². The minimum Gasteiger partial charge on any atom is -0.473 e. The van der Waals surface area contributed by atoms with Crippen molar-refractivity contribution in [2.45, 2.75) is 25.8 Å². The van der Waals surface area contributed by atoms with Crippen LogP contribution in [0.5, 0.6) is 5.88 Å². The zero-order chi connectivity index (χ0) is 11.6. The molecule has 0 aliphatic heterocycles. The second-order valence-corrected chi connectivity index (χ2v) is 4.28. The summed E-state index contributed by atoms with van der Waals surface area (Å²) in [4.78, 5) is 0. The maximum absolute atomic E-state index is 5.99. The number of aromatic nitrogens is 1. The Balaban J connectivity index is 2.16. The Hall–Kier alpha value is -1.55. The first kappa shape index (κ1) is 11.0. The van der Waals surface area contributed by atoms with Crippen molar-refractivity contribution < 1.29 is 9.26 Å². The highest BCUT2D eigenvalue weighted by Gasteiger charge is 2.18. The zero-order valence-corrected chi connectivity index (χ0v) is 9.56. The Morgan fingerprint density at radius 3 is 2.94 bits per heavy atom. The number of hydrogen-bond donors (Lipinski definition) is 1. The van der Waals surface area contributed by atoms with E-state index in [0.717, 1.165) is 17.4 Å². The molecule has 1 unspecified atom stereocenters. The molecule has 0 amide bonds. The summed E-state index contributed by atoms with van der Waals surface area (Å²) in [6.07, 6.45) is 0.850. The van der Waals surface area contributed by atoms with Gasteiger partial charge in [-0.15, -0.1) is 0 Å². The largest absolute Gasteiger partial charge is 0.473 e. The fourth-order valence-electron chi connectivity index (χ4n) is 1.30. The van der Waals surface area contributed by atoms with Crippen LogP contribution in [0.4, 0.5) is 0 Å². The van der Waals surface area contributed by atoms with E-state index in [1.54, 1.807) is 0 Å². The highest BCUT2D eigenvalue weighted by atomic mass is 16.5. The first-order valence-electron chi connectivity index (χ1n) is 5.38. The van der Waals surface area contributed by atoms with Crippen LogP contribution in [-0.2, 0) is 0 Å². The van der Waals surface area contributed by atoms with E-state index >= 15 is 0 Å². The van der Waals surface area contributed by atoms with E-state index in [9.17, 15) is 0 Å². The molecule has 0 aliphatic rings. The van der Waals surface area contributed by atoms with E-state index < -0.39 is 0 Å². The number of benzene rings is 1. The second-order valence-electron chi connectivity index (χ2n) is 4.28. The van der Waals surface area contributed by atoms with Gasteiger partial charge in [0.1, 0.15) is 6.61 Å². The van der Waals surface area contributed by atoms with Gasteiger partial charge in [0, 0.05) is 5.54 Å². The third-order valence-corrected chi connectivity index (χ3v) is 2.69. The van der Waals surface area contributed by atoms with E-state index in [0.29, 0.717) is 12.5 Å². The molecule has 1 aromatic heterocycles. The molecule has 86 valence electrons. The predicted octanol–water partition coefficient (Wildman–Crippen LogP) is 2.33. The summed E-state index contributed by atoms with van der Waals surface area (Å²) in [6.45, 7) is 4.42. The van der Waals surface area contributed by atoms with Crippen LogP contribution in [0, 0.1) is 0 Å². The Morgan fingerprint density at radius 1 is 1.44 bits per heavy atom. The fourth-order valence-corrected chi connectivity index (χ4v) is 1.30. The van der Waals surface area contributed by atoms with E-state index in [2.05, 4.69) is 5.16 Å². The molecule has 0 saturated heterocycles. The summed E-state index contributed by atoms with van der Waals surface area (Å²) in [5.41, 5.74) is 6.39. The van der Waals surface area contributed by atoms with Gasteiger partial charge < -0.3 is 15.0 Å². The molecule has 0 radical (unpaired) electrons. The first-order valence-corrected chi connectivity index (χ1v) is 5.38. The maximum Gasteiger partial charge on any atom is 0.262 e. The van der Waals surface area contributed by atoms with Gasteiger partial charge in [-0.1, -0.05) is 19.1 Å². The van der Waals surface area contributed by atoms with Crippen LogP contribution in [0.1, 0.15) is 20.3 Å². The third kappa shape index (κ3) is 2.17. The molecule has 2 N–H and O–H groups in total. The molecule has 0 saturated carbocycles. The lowest BCUT2D eigenvalue weighted by atomic mass is 10.0. The highest BCUT2D eigenvalue weighted by Crippen LogP contribution is 2.24. The lowest BCUT2D eigenvalue weighted by molar-refractivity contribution is 0.211. The van der Waals surface area contributed by atoms with Crippen molar-refractivity contribution >= 4 is 11.0 Å². The number of nitrogens with zero attached hydrogens (tertiary/aromatic N) is 1. The lowest BCUT2D eigenvalue weighted by Crippen LogP contribution is -2.41. The lowest BCUT2D eigenvalue weighted by Gasteiger charge is -2.21. The molecular formula is C12H16N2O2. The van der Waals surface area contributed by atoms with Gasteiger partial charge in [-0.3, -0.25) is 0 Å². The Bertz CT molecular complexity index is 477. The molecule has 2 rings (SSSR count). The molecule has 1 atom stereocenters. The third-order valence-electron chi connectivity index (χ3n) is 2.69. The van der Waals surface area contributed by atoms with Crippen molar-refractivity contribution in [2.75, 3.05) is 6.61 Å². The quantitative estimate of drug-likeness (QED) is 0.859. The van der Waals surface area contributed by atoms with E-state index in [1.807, 2.05) is 38.1 Å². The molecule has 4 heteroatoms. The topological polar surface area (TPSA) is 61.3 Å². The Labute approximate surface area is 94.4 Å². The van der Waals surface area contributed by atoms with Crippen molar-refractivity contribution in [3.63, 3.8) is 0 Å². The van der Waals surface area contributed by atoms with E-state index in [-0.39, 0.29) is 5.54 Å². The van der Waals surface area contributed by atoms with Gasteiger partial charge >= 0.3 is 0 Å². The normalized spacial score (nSPS) is 14.9. The molecule has 4 nitrogen and oxygen atoms in total. The van der Waals surface area contributed by atoms with Crippen LogP contribution in [0.25, 0.3) is 11.0 Å². The van der Waals surface area contributed by atoms with Gasteiger partial charge in [0.05, 0.1) is 5.39 Å². The molecule has 1 heterocycles. The molecule has 16 heavy (non-hydrogen) atoms. The average molecular weight is 220 g/mol. The smallest absolute Gasteiger partial charge is 0.262 e. The summed E-state index contributed by atoms with van der Waals surface area (Å²) in [5.74, 6) is 0.515. The summed E-state index contributed by atoms with van der Waals surface area (Å²) in [7, 11) is 0. The van der Waals surface area contributed by atoms with Gasteiger partial charge in [-0.05, 0) is 30.6 Å². The molecule has 0 bridgehead atoms. The van der Waals surface area contributed by atoms with Crippen LogP contribution in [-0.4, -0.2) is 17.3 Å². The van der Waals surface area contributed by atoms with E-state index in [1.165, 1.54) is 0 Å². The second kappa shape index (κ2) is 4.14. The van der Waals surface area contributed by atoms with Gasteiger partial charge in [0.15, 0.2) is 5.58 Å². The Morgan fingerprint density at radius 2 is 2.19 bits per heavy atom. The molecule has 0 aliphatic carbocycles. The standard InChI is InChI=1S/C12H16N2O2/c1-3-12(2,13)8-15-11-9-6-4-5-7-10(9)16-14-11/h4-7H,3,8,13H2,1-2H3. The average Bonchev–Trinajstić information content (AvgIpc) is 2.70. The van der Waals surface area contributed by atoms with Crippen LogP contribution in [0.3, 0.4) is 0 Å². The zero-order valence-electron chi connectivity index (χ0n) is 9.56. The fraction of sp³-hybridized carbons (Fsp3) is 0.417. The van der Waals surface area contributed by atoms with Crippen molar-refractivity contribution in [1.82, 2.24) is 5.16 Å². The summed E-state index contributed by atoms with van der Waals surface area (Å²) < 4.78 is 10.7. The first-order chi connectivity index (χ1) is 7.62. The predicted molar refractivity (Wildman–Crippen MR) is 62.4 cm³/mol. The van der Waals surface area contributed by atoms with Crippen molar-refractivity contribution in [3.8, 4) is 5.88 Å². The van der Waals surface area contributed by atoms with Crippen molar-refractivity contribution in [2.24, 2.45) is 5.73 Å². The molecular weight excluding hydrogens is 204 g/mol. The van der Waals surface area contributed by atoms with Crippen molar-refractivity contribution in [3.05, 3.63) is 24.3 Å². The number of para-hydroxylation sites is 1. The van der Waals surface area contributed by atoms with E-state index in [4.69, 9.17) is 15.0 Å². The van der Waals surface area contributed by atoms with Gasteiger partial charge in [0.2, 0.25) is 0 Å². The van der Waals surface area contributed by atoms with Crippen LogP contribution in [0.15, 0.2) is 28.8 Å². The monoisotopic (exact) mass is 220 g/mol. The SMILES string of the molecule is CCC(C)(N)COc1noc2ccccc12. The molecule has 0 fully saturated rings. The van der Waals surface area contributed by atoms with Crippen LogP contribution >= 0.6 is 0 Å². The summed E-state index contributed by atoms with van der Waals surface area (Å²) in [6, 6.07) is 7.60. The number of ether oxygens (including phenoxy) is 1. The summed E-state index contributed by atoms with van der Waals surface area (Å²) >= 11 is 0. The van der Waals surface area contributed by atoms with Crippen LogP contribution in [0.2, 0.25) is 0 Å². The Kier molecular flexibility index (Phi) is 2.83. The number of fused-ring (bicyclic) bond motifs is 1. The molecule has 1 aromatic carbocycles.